The maximum absolute atomic E-state index is 11.5. The Kier molecular flexibility index (Phi) is 6.36. The first-order chi connectivity index (χ1) is 11.5. The number of aliphatic carboxylic acids is 1. The number of oxazole rings is 1. The van der Waals surface area contributed by atoms with Crippen molar-refractivity contribution in [3.8, 4) is 11.5 Å². The first-order valence-electron chi connectivity index (χ1n) is 7.79. The normalized spacial score (nSPS) is 10.4. The van der Waals surface area contributed by atoms with Crippen molar-refractivity contribution in [2.75, 3.05) is 13.1 Å². The van der Waals surface area contributed by atoms with Gasteiger partial charge in [-0.3, -0.25) is 4.79 Å². The molecule has 2 amide bonds. The number of carbonyl (C=O) groups excluding carboxylic acids is 1. The summed E-state index contributed by atoms with van der Waals surface area (Å²) in [5.41, 5.74) is 2.84. The third kappa shape index (κ3) is 5.75. The topological polar surface area (TPSA) is 104 Å². The SMILES string of the molecule is Cc1ccc(-c2nc(CCNC(=O)NCCCC(=O)O)co2)cc1. The first-order valence-corrected chi connectivity index (χ1v) is 7.79. The number of nitrogens with one attached hydrogen (secondary N) is 2. The Balaban J connectivity index is 1.70. The molecule has 0 saturated heterocycles. The van der Waals surface area contributed by atoms with Crippen LogP contribution in [0.15, 0.2) is 34.9 Å². The van der Waals surface area contributed by atoms with Crippen LogP contribution in [0.5, 0.6) is 0 Å². The van der Waals surface area contributed by atoms with Gasteiger partial charge in [0.15, 0.2) is 0 Å². The van der Waals surface area contributed by atoms with Crippen molar-refractivity contribution in [1.82, 2.24) is 15.6 Å². The maximum Gasteiger partial charge on any atom is 0.314 e. The van der Waals surface area contributed by atoms with E-state index in [9.17, 15) is 9.59 Å². The van der Waals surface area contributed by atoms with Crippen LogP contribution in [0, 0.1) is 6.92 Å². The van der Waals surface area contributed by atoms with E-state index in [4.69, 9.17) is 9.52 Å². The summed E-state index contributed by atoms with van der Waals surface area (Å²) in [5.74, 6) is -0.309. The van der Waals surface area contributed by atoms with Gasteiger partial charge >= 0.3 is 12.0 Å². The molecule has 0 aliphatic carbocycles. The fourth-order valence-electron chi connectivity index (χ4n) is 2.06. The number of urea groups is 1. The number of rotatable bonds is 8. The Bertz CT molecular complexity index is 679. The molecule has 7 nitrogen and oxygen atoms in total. The van der Waals surface area contributed by atoms with Crippen LogP contribution in [0.2, 0.25) is 0 Å². The van der Waals surface area contributed by atoms with E-state index in [0.29, 0.717) is 31.8 Å². The quantitative estimate of drug-likeness (QED) is 0.644. The average Bonchev–Trinajstić information content (AvgIpc) is 3.01. The summed E-state index contributed by atoms with van der Waals surface area (Å²) < 4.78 is 5.45. The number of hydrogen-bond donors (Lipinski definition) is 3. The van der Waals surface area contributed by atoms with Crippen LogP contribution in [0.3, 0.4) is 0 Å². The summed E-state index contributed by atoms with van der Waals surface area (Å²) in [7, 11) is 0. The van der Waals surface area contributed by atoms with Gasteiger partial charge in [0.05, 0.1) is 5.69 Å². The Morgan fingerprint density at radius 3 is 2.58 bits per heavy atom. The van der Waals surface area contributed by atoms with Gasteiger partial charge < -0.3 is 20.2 Å². The van der Waals surface area contributed by atoms with Crippen molar-refractivity contribution in [2.45, 2.75) is 26.2 Å². The minimum atomic E-state index is -0.868. The summed E-state index contributed by atoms with van der Waals surface area (Å²) in [4.78, 5) is 26.3. The van der Waals surface area contributed by atoms with Gasteiger partial charge in [0.2, 0.25) is 5.89 Å². The van der Waals surface area contributed by atoms with E-state index in [1.54, 1.807) is 6.26 Å². The monoisotopic (exact) mass is 331 g/mol. The maximum atomic E-state index is 11.5. The molecule has 0 aliphatic heterocycles. The van der Waals surface area contributed by atoms with Crippen LogP contribution in [0.4, 0.5) is 4.79 Å². The van der Waals surface area contributed by atoms with Crippen LogP contribution in [0.1, 0.15) is 24.1 Å². The lowest BCUT2D eigenvalue weighted by Gasteiger charge is -2.05. The number of hydrogen-bond acceptors (Lipinski definition) is 4. The van der Waals surface area contributed by atoms with Gasteiger partial charge in [-0.25, -0.2) is 9.78 Å². The zero-order valence-electron chi connectivity index (χ0n) is 13.5. The summed E-state index contributed by atoms with van der Waals surface area (Å²) in [6.45, 7) is 2.77. The van der Waals surface area contributed by atoms with E-state index >= 15 is 0 Å². The van der Waals surface area contributed by atoms with Crippen molar-refractivity contribution in [3.05, 3.63) is 41.8 Å². The van der Waals surface area contributed by atoms with Crippen LogP contribution in [0.25, 0.3) is 11.5 Å². The zero-order valence-corrected chi connectivity index (χ0v) is 13.5. The Hall–Kier alpha value is -2.83. The number of aryl methyl sites for hydroxylation is 1. The van der Waals surface area contributed by atoms with E-state index in [1.165, 1.54) is 5.56 Å². The van der Waals surface area contributed by atoms with Crippen LogP contribution < -0.4 is 10.6 Å². The minimum absolute atomic E-state index is 0.0427. The molecule has 0 saturated carbocycles. The Morgan fingerprint density at radius 2 is 1.88 bits per heavy atom. The predicted octanol–water partition coefficient (Wildman–Crippen LogP) is 2.36. The number of nitrogens with zero attached hydrogens (tertiary/aromatic N) is 1. The van der Waals surface area contributed by atoms with E-state index in [2.05, 4.69) is 15.6 Å². The number of aromatic nitrogens is 1. The van der Waals surface area contributed by atoms with Crippen molar-refractivity contribution >= 4 is 12.0 Å². The van der Waals surface area contributed by atoms with E-state index in [-0.39, 0.29) is 12.5 Å². The molecule has 24 heavy (non-hydrogen) atoms. The molecule has 0 radical (unpaired) electrons. The smallest absolute Gasteiger partial charge is 0.314 e. The lowest BCUT2D eigenvalue weighted by molar-refractivity contribution is -0.137. The highest BCUT2D eigenvalue weighted by Gasteiger charge is 2.07. The molecule has 0 spiro atoms. The summed E-state index contributed by atoms with van der Waals surface area (Å²) in [5, 5.41) is 13.8. The lowest BCUT2D eigenvalue weighted by Crippen LogP contribution is -2.37. The van der Waals surface area contributed by atoms with Crippen LogP contribution >= 0.6 is 0 Å². The standard InChI is InChI=1S/C17H21N3O4/c1-12-4-6-13(7-5-12)16-20-14(11-24-16)8-10-19-17(23)18-9-2-3-15(21)22/h4-7,11H,2-3,8-10H2,1H3,(H,21,22)(H2,18,19,23). The number of carboxylic acid groups (broad SMARTS) is 1. The van der Waals surface area contributed by atoms with Crippen molar-refractivity contribution in [3.63, 3.8) is 0 Å². The molecule has 0 aliphatic rings. The number of benzene rings is 1. The second kappa shape index (κ2) is 8.71. The van der Waals surface area contributed by atoms with Crippen molar-refractivity contribution in [2.24, 2.45) is 0 Å². The van der Waals surface area contributed by atoms with Gasteiger partial charge in [-0.15, -0.1) is 0 Å². The molecule has 0 atom stereocenters. The number of carboxylic acids is 1. The minimum Gasteiger partial charge on any atom is -0.481 e. The molecular weight excluding hydrogens is 310 g/mol. The summed E-state index contributed by atoms with van der Waals surface area (Å²) in [6, 6.07) is 7.58. The second-order valence-electron chi connectivity index (χ2n) is 5.44. The van der Waals surface area contributed by atoms with Gasteiger partial charge in [0.25, 0.3) is 0 Å². The van der Waals surface area contributed by atoms with Gasteiger partial charge in [0.1, 0.15) is 6.26 Å². The third-order valence-electron chi connectivity index (χ3n) is 3.37. The molecule has 0 fully saturated rings. The highest BCUT2D eigenvalue weighted by molar-refractivity contribution is 5.73. The van der Waals surface area contributed by atoms with Gasteiger partial charge in [-0.1, -0.05) is 17.7 Å². The predicted molar refractivity (Wildman–Crippen MR) is 88.7 cm³/mol. The van der Waals surface area contributed by atoms with Crippen LogP contribution in [-0.2, 0) is 11.2 Å². The molecule has 1 heterocycles. The zero-order chi connectivity index (χ0) is 17.4. The molecule has 0 unspecified atom stereocenters. The van der Waals surface area contributed by atoms with Gasteiger partial charge in [-0.05, 0) is 25.5 Å². The van der Waals surface area contributed by atoms with E-state index in [0.717, 1.165) is 11.3 Å². The summed E-state index contributed by atoms with van der Waals surface area (Å²) in [6.07, 6.45) is 2.59. The second-order valence-corrected chi connectivity index (χ2v) is 5.44. The van der Waals surface area contributed by atoms with Crippen LogP contribution in [-0.4, -0.2) is 35.2 Å². The van der Waals surface area contributed by atoms with E-state index < -0.39 is 5.97 Å². The number of amides is 2. The third-order valence-corrected chi connectivity index (χ3v) is 3.37. The highest BCUT2D eigenvalue weighted by Crippen LogP contribution is 2.19. The Labute approximate surface area is 140 Å². The highest BCUT2D eigenvalue weighted by atomic mass is 16.4. The largest absolute Gasteiger partial charge is 0.481 e. The molecule has 2 aromatic rings. The van der Waals surface area contributed by atoms with Gasteiger partial charge in [-0.2, -0.15) is 0 Å². The van der Waals surface area contributed by atoms with Gasteiger partial charge in [0, 0.05) is 31.5 Å². The molecule has 2 rings (SSSR count). The first kappa shape index (κ1) is 17.5. The Morgan fingerprint density at radius 1 is 1.17 bits per heavy atom. The van der Waals surface area contributed by atoms with Crippen molar-refractivity contribution in [1.29, 1.82) is 0 Å². The fourth-order valence-corrected chi connectivity index (χ4v) is 2.06. The fraction of sp³-hybridized carbons (Fsp3) is 0.353. The van der Waals surface area contributed by atoms with Crippen molar-refractivity contribution < 1.29 is 19.1 Å². The molecule has 7 heteroatoms. The molecule has 1 aromatic carbocycles. The van der Waals surface area contributed by atoms with E-state index in [1.807, 2.05) is 31.2 Å². The molecule has 1 aromatic heterocycles. The lowest BCUT2D eigenvalue weighted by atomic mass is 10.1. The molecule has 0 bridgehead atoms. The molecule has 128 valence electrons. The molecule has 3 N–H and O–H groups in total. The average molecular weight is 331 g/mol. The number of carbonyl (C=O) groups is 2. The summed E-state index contributed by atoms with van der Waals surface area (Å²) >= 11 is 0. The molecular formula is C17H21N3O4.